The van der Waals surface area contributed by atoms with Crippen LogP contribution in [0.15, 0.2) is 59.3 Å². The molecule has 0 saturated heterocycles. The molecule has 28 heavy (non-hydrogen) atoms. The lowest BCUT2D eigenvalue weighted by Crippen LogP contribution is -2.24. The Balaban J connectivity index is 2.15. The highest BCUT2D eigenvalue weighted by atomic mass is 35.5. The van der Waals surface area contributed by atoms with Gasteiger partial charge in [0.15, 0.2) is 0 Å². The molecule has 0 radical (unpaired) electrons. The fourth-order valence-corrected chi connectivity index (χ4v) is 3.28. The maximum absolute atomic E-state index is 14.1. The summed E-state index contributed by atoms with van der Waals surface area (Å²) in [5.74, 6) is -1.22. The van der Waals surface area contributed by atoms with Crippen LogP contribution in [0.3, 0.4) is 0 Å². The Hall–Kier alpha value is -3.12. The first-order valence-corrected chi connectivity index (χ1v) is 8.70. The van der Waals surface area contributed by atoms with Crippen molar-refractivity contribution in [2.24, 2.45) is 0 Å². The minimum atomic E-state index is -0.685. The lowest BCUT2D eigenvalue weighted by atomic mass is 10.0. The van der Waals surface area contributed by atoms with E-state index in [4.69, 9.17) is 21.1 Å². The molecule has 1 aliphatic heterocycles. The monoisotopic (exact) mass is 401 g/mol. The number of allylic oxidation sites excluding steroid dienone is 1. The molecule has 0 saturated carbocycles. The van der Waals surface area contributed by atoms with Crippen molar-refractivity contribution in [3.63, 3.8) is 0 Å². The average molecular weight is 402 g/mol. The maximum atomic E-state index is 14.1. The van der Waals surface area contributed by atoms with Gasteiger partial charge in [-0.05, 0) is 37.3 Å². The number of halogens is 2. The lowest BCUT2D eigenvalue weighted by molar-refractivity contribution is -0.136. The lowest BCUT2D eigenvalue weighted by Gasteiger charge is -2.19. The number of carbonyl (C=O) groups excluding carboxylic acids is 2. The summed E-state index contributed by atoms with van der Waals surface area (Å²) < 4.78 is 24.1. The van der Waals surface area contributed by atoms with Crippen molar-refractivity contribution in [1.29, 1.82) is 0 Å². The molecule has 0 atom stereocenters. The van der Waals surface area contributed by atoms with E-state index >= 15 is 0 Å². The van der Waals surface area contributed by atoms with E-state index in [1.165, 1.54) is 37.3 Å². The second-order valence-electron chi connectivity index (χ2n) is 5.99. The summed E-state index contributed by atoms with van der Waals surface area (Å²) in [6.07, 6.45) is 1.35. The Morgan fingerprint density at radius 3 is 2.50 bits per heavy atom. The molecular formula is C21H17ClFNO4. The molecule has 7 heteroatoms. The van der Waals surface area contributed by atoms with E-state index in [2.05, 4.69) is 0 Å². The van der Waals surface area contributed by atoms with Gasteiger partial charge in [-0.25, -0.2) is 9.18 Å². The van der Waals surface area contributed by atoms with Gasteiger partial charge in [0.2, 0.25) is 0 Å². The van der Waals surface area contributed by atoms with Crippen LogP contribution in [0.2, 0.25) is 5.02 Å². The minimum absolute atomic E-state index is 0.0430. The minimum Gasteiger partial charge on any atom is -0.495 e. The van der Waals surface area contributed by atoms with Crippen LogP contribution >= 0.6 is 11.6 Å². The zero-order valence-electron chi connectivity index (χ0n) is 15.5. The molecule has 1 heterocycles. The smallest absolute Gasteiger partial charge is 0.340 e. The van der Waals surface area contributed by atoms with Crippen LogP contribution in [-0.4, -0.2) is 26.1 Å². The van der Waals surface area contributed by atoms with Crippen molar-refractivity contribution in [3.8, 4) is 5.75 Å². The first-order valence-electron chi connectivity index (χ1n) is 8.32. The highest BCUT2D eigenvalue weighted by Gasteiger charge is 2.38. The molecule has 0 unspecified atom stereocenters. The number of benzene rings is 2. The summed E-state index contributed by atoms with van der Waals surface area (Å²) in [6.45, 7) is 1.62. The molecule has 3 rings (SSSR count). The number of esters is 1. The Bertz CT molecular complexity index is 1030. The molecule has 0 aliphatic carbocycles. The van der Waals surface area contributed by atoms with E-state index in [1.807, 2.05) is 0 Å². The van der Waals surface area contributed by atoms with E-state index in [1.54, 1.807) is 37.3 Å². The van der Waals surface area contributed by atoms with Crippen molar-refractivity contribution in [1.82, 2.24) is 0 Å². The summed E-state index contributed by atoms with van der Waals surface area (Å²) in [5.41, 5.74) is 1.12. The third-order valence-corrected chi connectivity index (χ3v) is 4.68. The van der Waals surface area contributed by atoms with Crippen LogP contribution in [-0.2, 0) is 14.3 Å². The van der Waals surface area contributed by atoms with Crippen molar-refractivity contribution >= 4 is 35.2 Å². The quantitative estimate of drug-likeness (QED) is 0.564. The van der Waals surface area contributed by atoms with E-state index in [9.17, 15) is 14.0 Å². The summed E-state index contributed by atoms with van der Waals surface area (Å²) in [5, 5.41) is 0.312. The number of methoxy groups -OCH3 is 2. The Labute approximate surface area is 166 Å². The fourth-order valence-electron chi connectivity index (χ4n) is 3.03. The number of hydrogen-bond acceptors (Lipinski definition) is 4. The molecule has 0 bridgehead atoms. The van der Waals surface area contributed by atoms with E-state index < -0.39 is 17.7 Å². The van der Waals surface area contributed by atoms with Crippen LogP contribution in [0.4, 0.5) is 10.1 Å². The van der Waals surface area contributed by atoms with Crippen molar-refractivity contribution < 1.29 is 23.5 Å². The predicted octanol–water partition coefficient (Wildman–Crippen LogP) is 4.36. The van der Waals surface area contributed by atoms with Crippen LogP contribution in [0, 0.1) is 5.82 Å². The van der Waals surface area contributed by atoms with E-state index in [0.717, 1.165) is 0 Å². The van der Waals surface area contributed by atoms with Crippen molar-refractivity contribution in [2.45, 2.75) is 6.92 Å². The molecule has 5 nitrogen and oxygen atoms in total. The van der Waals surface area contributed by atoms with Crippen molar-refractivity contribution in [3.05, 3.63) is 75.7 Å². The Kier molecular flexibility index (Phi) is 5.51. The Morgan fingerprint density at radius 2 is 1.89 bits per heavy atom. The Morgan fingerprint density at radius 1 is 1.18 bits per heavy atom. The molecular weight excluding hydrogens is 385 g/mol. The van der Waals surface area contributed by atoms with Crippen LogP contribution in [0.25, 0.3) is 6.08 Å². The number of ether oxygens (including phenoxy) is 2. The van der Waals surface area contributed by atoms with Crippen LogP contribution < -0.4 is 9.64 Å². The largest absolute Gasteiger partial charge is 0.495 e. The van der Waals surface area contributed by atoms with Gasteiger partial charge in [0.05, 0.1) is 36.1 Å². The van der Waals surface area contributed by atoms with Gasteiger partial charge in [-0.15, -0.1) is 0 Å². The van der Waals surface area contributed by atoms with Gasteiger partial charge in [0.1, 0.15) is 11.6 Å². The van der Waals surface area contributed by atoms with E-state index in [-0.39, 0.29) is 16.7 Å². The summed E-state index contributed by atoms with van der Waals surface area (Å²) in [6, 6.07) is 10.8. The second-order valence-corrected chi connectivity index (χ2v) is 6.40. The highest BCUT2D eigenvalue weighted by molar-refractivity contribution is 6.32. The first kappa shape index (κ1) is 19.6. The zero-order valence-corrected chi connectivity index (χ0v) is 16.2. The van der Waals surface area contributed by atoms with Gasteiger partial charge in [-0.3, -0.25) is 9.69 Å². The predicted molar refractivity (Wildman–Crippen MR) is 105 cm³/mol. The van der Waals surface area contributed by atoms with Crippen LogP contribution in [0.5, 0.6) is 5.75 Å². The van der Waals surface area contributed by atoms with Gasteiger partial charge in [0, 0.05) is 11.3 Å². The molecule has 1 aliphatic rings. The summed E-state index contributed by atoms with van der Waals surface area (Å²) in [7, 11) is 2.71. The topological polar surface area (TPSA) is 55.8 Å². The molecule has 2 aromatic carbocycles. The molecule has 0 aromatic heterocycles. The molecule has 0 fully saturated rings. The second kappa shape index (κ2) is 7.86. The van der Waals surface area contributed by atoms with Gasteiger partial charge in [0.25, 0.3) is 5.91 Å². The molecule has 2 aromatic rings. The standard InChI is InChI=1S/C21H17ClFNO4/c1-12-19(21(26)28-3)15(10-13-6-4-5-7-17(13)23)20(25)24(12)14-8-9-18(27-2)16(22)11-14/h4-11H,1-3H3. The number of amides is 1. The van der Waals surface area contributed by atoms with Gasteiger partial charge in [-0.1, -0.05) is 29.8 Å². The van der Waals surface area contributed by atoms with Gasteiger partial charge < -0.3 is 9.47 Å². The third-order valence-electron chi connectivity index (χ3n) is 4.39. The van der Waals surface area contributed by atoms with Gasteiger partial charge in [-0.2, -0.15) is 0 Å². The summed E-state index contributed by atoms with van der Waals surface area (Å²) >= 11 is 6.18. The zero-order chi connectivity index (χ0) is 20.4. The number of rotatable bonds is 4. The number of carbonyl (C=O) groups is 2. The normalized spacial score (nSPS) is 15.4. The maximum Gasteiger partial charge on any atom is 0.340 e. The van der Waals surface area contributed by atoms with Crippen LogP contribution in [0.1, 0.15) is 12.5 Å². The average Bonchev–Trinajstić information content (AvgIpc) is 2.92. The fraction of sp³-hybridized carbons (Fsp3) is 0.143. The molecule has 0 spiro atoms. The number of nitrogens with zero attached hydrogens (tertiary/aromatic N) is 1. The van der Waals surface area contributed by atoms with Gasteiger partial charge >= 0.3 is 5.97 Å². The van der Waals surface area contributed by atoms with E-state index in [0.29, 0.717) is 22.2 Å². The first-order chi connectivity index (χ1) is 13.4. The van der Waals surface area contributed by atoms with Crippen molar-refractivity contribution in [2.75, 3.05) is 19.1 Å². The SMILES string of the molecule is COC(=O)C1=C(C)N(c2ccc(OC)c(Cl)c2)C(=O)C1=Cc1ccccc1F. The molecule has 1 amide bonds. The highest BCUT2D eigenvalue weighted by Crippen LogP contribution is 2.38. The third kappa shape index (κ3) is 3.39. The molecule has 0 N–H and O–H groups in total. The molecule has 144 valence electrons. The number of hydrogen-bond donors (Lipinski definition) is 0. The summed E-state index contributed by atoms with van der Waals surface area (Å²) in [4.78, 5) is 26.8. The number of anilines is 1.